The first-order chi connectivity index (χ1) is 10.5. The predicted molar refractivity (Wildman–Crippen MR) is 87.5 cm³/mol. The molecular weight excluding hydrogens is 276 g/mol. The number of hydrogen-bond acceptors (Lipinski definition) is 3. The van der Waals surface area contributed by atoms with Crippen molar-refractivity contribution < 1.29 is 14.9 Å². The van der Waals surface area contributed by atoms with E-state index in [4.69, 9.17) is 4.74 Å². The van der Waals surface area contributed by atoms with E-state index in [9.17, 15) is 10.2 Å². The molecule has 22 heavy (non-hydrogen) atoms. The van der Waals surface area contributed by atoms with E-state index in [1.165, 1.54) is 11.1 Å². The van der Waals surface area contributed by atoms with Gasteiger partial charge in [0.05, 0.1) is 6.10 Å². The summed E-state index contributed by atoms with van der Waals surface area (Å²) >= 11 is 0. The third-order valence-electron chi connectivity index (χ3n) is 4.85. The first-order valence-corrected chi connectivity index (χ1v) is 7.65. The standard InChI is InChI=1S/C19H22O3/c1-10-9-13-5-6-14-11(2)16(20)8-7-15(14)18(13)17(19(10)21)12(3)22-4/h7-9,12,20-21H,5-6H2,1-4H3/t12-/m1/s1. The van der Waals surface area contributed by atoms with Gasteiger partial charge in [0.2, 0.25) is 0 Å². The maximum atomic E-state index is 10.6. The number of ether oxygens (including phenoxy) is 1. The molecule has 3 heteroatoms. The number of rotatable bonds is 2. The molecule has 2 aromatic rings. The quantitative estimate of drug-likeness (QED) is 0.874. The van der Waals surface area contributed by atoms with Crippen LogP contribution in [0.4, 0.5) is 0 Å². The Balaban J connectivity index is 2.36. The van der Waals surface area contributed by atoms with Crippen molar-refractivity contribution in [2.24, 2.45) is 0 Å². The largest absolute Gasteiger partial charge is 0.508 e. The van der Waals surface area contributed by atoms with E-state index in [0.29, 0.717) is 11.5 Å². The van der Waals surface area contributed by atoms with Crippen LogP contribution in [-0.4, -0.2) is 17.3 Å². The Morgan fingerprint density at radius 1 is 1.14 bits per heavy atom. The molecule has 0 bridgehead atoms. The van der Waals surface area contributed by atoms with Crippen LogP contribution < -0.4 is 0 Å². The Bertz CT molecular complexity index is 747. The fourth-order valence-corrected chi connectivity index (χ4v) is 3.50. The van der Waals surface area contributed by atoms with Gasteiger partial charge in [-0.25, -0.2) is 0 Å². The molecule has 3 rings (SSSR count). The van der Waals surface area contributed by atoms with Gasteiger partial charge in [-0.2, -0.15) is 0 Å². The van der Waals surface area contributed by atoms with Crippen LogP contribution in [0.1, 0.15) is 40.8 Å². The van der Waals surface area contributed by atoms with Gasteiger partial charge in [-0.05, 0) is 73.1 Å². The van der Waals surface area contributed by atoms with Crippen molar-refractivity contribution in [2.75, 3.05) is 7.11 Å². The van der Waals surface area contributed by atoms with Crippen LogP contribution in [0.3, 0.4) is 0 Å². The molecule has 0 aromatic heterocycles. The van der Waals surface area contributed by atoms with E-state index in [-0.39, 0.29) is 6.10 Å². The van der Waals surface area contributed by atoms with Crippen molar-refractivity contribution >= 4 is 0 Å². The summed E-state index contributed by atoms with van der Waals surface area (Å²) in [4.78, 5) is 0. The van der Waals surface area contributed by atoms with Gasteiger partial charge in [-0.15, -0.1) is 0 Å². The Morgan fingerprint density at radius 2 is 1.86 bits per heavy atom. The summed E-state index contributed by atoms with van der Waals surface area (Å²) < 4.78 is 5.50. The zero-order valence-corrected chi connectivity index (χ0v) is 13.5. The number of benzene rings is 2. The van der Waals surface area contributed by atoms with Crippen LogP contribution in [0.5, 0.6) is 11.5 Å². The highest BCUT2D eigenvalue weighted by Gasteiger charge is 2.27. The van der Waals surface area contributed by atoms with Crippen molar-refractivity contribution in [2.45, 2.75) is 39.7 Å². The van der Waals surface area contributed by atoms with E-state index >= 15 is 0 Å². The lowest BCUT2D eigenvalue weighted by atomic mass is 9.79. The number of fused-ring (bicyclic) bond motifs is 3. The van der Waals surface area contributed by atoms with Gasteiger partial charge < -0.3 is 14.9 Å². The number of phenolic OH excluding ortho intramolecular Hbond substituents is 2. The monoisotopic (exact) mass is 298 g/mol. The second kappa shape index (κ2) is 5.33. The summed E-state index contributed by atoms with van der Waals surface area (Å²) in [6.07, 6.45) is 1.64. The second-order valence-corrected chi connectivity index (χ2v) is 6.10. The summed E-state index contributed by atoms with van der Waals surface area (Å²) in [5.41, 5.74) is 7.25. The van der Waals surface area contributed by atoms with Crippen LogP contribution in [-0.2, 0) is 17.6 Å². The highest BCUT2D eigenvalue weighted by Crippen LogP contribution is 2.46. The third-order valence-corrected chi connectivity index (χ3v) is 4.85. The van der Waals surface area contributed by atoms with E-state index in [1.807, 2.05) is 26.8 Å². The number of hydrogen-bond donors (Lipinski definition) is 2. The normalized spacial score (nSPS) is 14.4. The maximum Gasteiger partial charge on any atom is 0.124 e. The number of aromatic hydroxyl groups is 2. The molecule has 1 aliphatic rings. The van der Waals surface area contributed by atoms with Crippen LogP contribution in [0.25, 0.3) is 11.1 Å². The van der Waals surface area contributed by atoms with Crippen molar-refractivity contribution in [3.05, 3.63) is 46.0 Å². The van der Waals surface area contributed by atoms with Gasteiger partial charge in [-0.3, -0.25) is 0 Å². The lowest BCUT2D eigenvalue weighted by molar-refractivity contribution is 0.117. The van der Waals surface area contributed by atoms with Crippen molar-refractivity contribution in [1.82, 2.24) is 0 Å². The highest BCUT2D eigenvalue weighted by molar-refractivity contribution is 5.81. The van der Waals surface area contributed by atoms with Crippen LogP contribution in [0, 0.1) is 13.8 Å². The lowest BCUT2D eigenvalue weighted by Crippen LogP contribution is -2.11. The van der Waals surface area contributed by atoms with Gasteiger partial charge >= 0.3 is 0 Å². The smallest absolute Gasteiger partial charge is 0.124 e. The molecule has 0 heterocycles. The predicted octanol–water partition coefficient (Wildman–Crippen LogP) is 4.19. The first kappa shape index (κ1) is 14.9. The van der Waals surface area contributed by atoms with Crippen LogP contribution in [0.15, 0.2) is 18.2 Å². The van der Waals surface area contributed by atoms with Crippen molar-refractivity contribution in [3.63, 3.8) is 0 Å². The molecule has 2 N–H and O–H groups in total. The van der Waals surface area contributed by atoms with Gasteiger partial charge in [0.25, 0.3) is 0 Å². The Hall–Kier alpha value is -2.00. The molecule has 0 fully saturated rings. The summed E-state index contributed by atoms with van der Waals surface area (Å²) in [5.74, 6) is 0.645. The van der Waals surface area contributed by atoms with Crippen LogP contribution >= 0.6 is 0 Å². The minimum Gasteiger partial charge on any atom is -0.508 e. The zero-order valence-electron chi connectivity index (χ0n) is 13.5. The van der Waals surface area contributed by atoms with Crippen molar-refractivity contribution in [3.8, 4) is 22.6 Å². The maximum absolute atomic E-state index is 10.6. The van der Waals surface area contributed by atoms with E-state index in [0.717, 1.165) is 40.7 Å². The Morgan fingerprint density at radius 3 is 2.55 bits per heavy atom. The fourth-order valence-electron chi connectivity index (χ4n) is 3.50. The summed E-state index contributed by atoms with van der Waals surface area (Å²) in [6, 6.07) is 5.76. The number of phenols is 2. The Labute approximate surface area is 131 Å². The average molecular weight is 298 g/mol. The molecule has 0 saturated carbocycles. The van der Waals surface area contributed by atoms with Gasteiger partial charge in [0, 0.05) is 12.7 Å². The van der Waals surface area contributed by atoms with Gasteiger partial charge in [0.15, 0.2) is 0 Å². The summed E-state index contributed by atoms with van der Waals surface area (Å²) in [5, 5.41) is 20.5. The molecule has 0 spiro atoms. The summed E-state index contributed by atoms with van der Waals surface area (Å²) in [6.45, 7) is 5.84. The molecule has 1 aliphatic carbocycles. The van der Waals surface area contributed by atoms with Gasteiger partial charge in [0.1, 0.15) is 11.5 Å². The SMILES string of the molecule is CO[C@H](C)c1c(O)c(C)cc2c1-c1ccc(O)c(C)c1CC2. The summed E-state index contributed by atoms with van der Waals surface area (Å²) in [7, 11) is 1.66. The number of methoxy groups -OCH3 is 1. The molecule has 0 amide bonds. The first-order valence-electron chi connectivity index (χ1n) is 7.65. The zero-order chi connectivity index (χ0) is 16.0. The molecule has 0 aliphatic heterocycles. The minimum absolute atomic E-state index is 0.186. The minimum atomic E-state index is -0.186. The highest BCUT2D eigenvalue weighted by atomic mass is 16.5. The fraction of sp³-hybridized carbons (Fsp3) is 0.368. The topological polar surface area (TPSA) is 49.7 Å². The molecule has 116 valence electrons. The molecule has 0 radical (unpaired) electrons. The number of aryl methyl sites for hydroxylation is 2. The van der Waals surface area contributed by atoms with Crippen molar-refractivity contribution in [1.29, 1.82) is 0 Å². The van der Waals surface area contributed by atoms with E-state index in [2.05, 4.69) is 6.07 Å². The molecular formula is C19H22O3. The lowest BCUT2D eigenvalue weighted by Gasteiger charge is -2.28. The molecule has 3 nitrogen and oxygen atoms in total. The molecule has 2 aromatic carbocycles. The van der Waals surface area contributed by atoms with E-state index in [1.54, 1.807) is 13.2 Å². The van der Waals surface area contributed by atoms with Crippen LogP contribution in [0.2, 0.25) is 0 Å². The molecule has 1 atom stereocenters. The second-order valence-electron chi connectivity index (χ2n) is 6.10. The third kappa shape index (κ3) is 2.08. The molecule has 0 saturated heterocycles. The van der Waals surface area contributed by atoms with E-state index < -0.39 is 0 Å². The Kier molecular flexibility index (Phi) is 3.61. The van der Waals surface area contributed by atoms with Gasteiger partial charge in [-0.1, -0.05) is 12.1 Å². The average Bonchev–Trinajstić information content (AvgIpc) is 2.51. The molecule has 0 unspecified atom stereocenters.